The minimum Gasteiger partial charge on any atom is -0.492 e. The first kappa shape index (κ1) is 31.2. The highest BCUT2D eigenvalue weighted by atomic mass is 32.2. The van der Waals surface area contributed by atoms with Crippen LogP contribution in [0.15, 0.2) is 87.4 Å². The van der Waals surface area contributed by atoms with Crippen LogP contribution in [0.4, 0.5) is 0 Å². The molecule has 11 heteroatoms. The molecule has 0 fully saturated rings. The zero-order valence-corrected chi connectivity index (χ0v) is 24.8. The molecule has 1 amide bonds. The van der Waals surface area contributed by atoms with E-state index < -0.39 is 38.1 Å². The fourth-order valence-corrected chi connectivity index (χ4v) is 6.25. The van der Waals surface area contributed by atoms with Crippen molar-refractivity contribution in [1.29, 1.82) is 5.26 Å². The van der Waals surface area contributed by atoms with Crippen LogP contribution >= 0.6 is 0 Å². The first-order valence-corrected chi connectivity index (χ1v) is 15.1. The van der Waals surface area contributed by atoms with Gasteiger partial charge < -0.3 is 15.6 Å². The van der Waals surface area contributed by atoms with Gasteiger partial charge in [0, 0.05) is 0 Å². The van der Waals surface area contributed by atoms with E-state index in [1.807, 2.05) is 6.92 Å². The standard InChI is InChI=1S/C32H32N4O6S/c1-4-27(24-10-7-8-21(16-24)18-33)36-29(19-42-20(2)3)35-31(38)30(32(36)39)43(40,41)25-14-12-22(13-15-25)26-11-6-5-9-23(26)17-28(34)37/h5-16,20,27,38H,4,17,19H2,1-3H3,(H2,34,37)/t27-/m0/s1. The summed E-state index contributed by atoms with van der Waals surface area (Å²) >= 11 is 0. The summed E-state index contributed by atoms with van der Waals surface area (Å²) < 4.78 is 34.6. The predicted octanol–water partition coefficient (Wildman–Crippen LogP) is 4.27. The third-order valence-electron chi connectivity index (χ3n) is 6.90. The number of primary amides is 1. The lowest BCUT2D eigenvalue weighted by atomic mass is 9.98. The monoisotopic (exact) mass is 600 g/mol. The van der Waals surface area contributed by atoms with E-state index in [1.54, 1.807) is 74.5 Å². The number of hydrogen-bond acceptors (Lipinski definition) is 8. The molecule has 0 aliphatic carbocycles. The van der Waals surface area contributed by atoms with Crippen LogP contribution in [-0.4, -0.2) is 35.1 Å². The molecule has 0 saturated heterocycles. The number of rotatable bonds is 11. The number of carbonyl (C=O) groups is 1. The Hall–Kier alpha value is -4.79. The third kappa shape index (κ3) is 6.66. The first-order chi connectivity index (χ1) is 20.5. The van der Waals surface area contributed by atoms with Crippen LogP contribution in [0.2, 0.25) is 0 Å². The SMILES string of the molecule is CC[C@@H](c1cccc(C#N)c1)n1c(COC(C)C)nc(O)c(S(=O)(=O)c2ccc(-c3ccccc3CC(N)=O)cc2)c1=O. The lowest BCUT2D eigenvalue weighted by molar-refractivity contribution is -0.117. The molecule has 0 radical (unpaired) electrons. The van der Waals surface area contributed by atoms with Crippen molar-refractivity contribution < 1.29 is 23.1 Å². The van der Waals surface area contributed by atoms with Gasteiger partial charge in [0.15, 0.2) is 4.90 Å². The molecule has 0 saturated carbocycles. The molecule has 10 nitrogen and oxygen atoms in total. The van der Waals surface area contributed by atoms with Crippen molar-refractivity contribution in [2.75, 3.05) is 0 Å². The summed E-state index contributed by atoms with van der Waals surface area (Å²) in [5.74, 6) is -1.39. The molecule has 0 bridgehead atoms. The summed E-state index contributed by atoms with van der Waals surface area (Å²) in [6.45, 7) is 5.25. The highest BCUT2D eigenvalue weighted by Gasteiger charge is 2.32. The maximum atomic E-state index is 14.1. The fraction of sp³-hybridized carbons (Fsp3) is 0.250. The van der Waals surface area contributed by atoms with Crippen molar-refractivity contribution >= 4 is 15.7 Å². The van der Waals surface area contributed by atoms with Crippen LogP contribution in [0.1, 0.15) is 55.7 Å². The van der Waals surface area contributed by atoms with Crippen molar-refractivity contribution in [1.82, 2.24) is 9.55 Å². The van der Waals surface area contributed by atoms with Crippen molar-refractivity contribution in [3.8, 4) is 23.1 Å². The van der Waals surface area contributed by atoms with E-state index in [4.69, 9.17) is 10.5 Å². The number of nitrogens with zero attached hydrogens (tertiary/aromatic N) is 3. The number of aromatic hydroxyl groups is 1. The van der Waals surface area contributed by atoms with E-state index in [0.717, 1.165) is 0 Å². The summed E-state index contributed by atoms with van der Waals surface area (Å²) in [4.78, 5) is 28.6. The lowest BCUT2D eigenvalue weighted by Crippen LogP contribution is -2.34. The van der Waals surface area contributed by atoms with E-state index in [0.29, 0.717) is 34.2 Å². The van der Waals surface area contributed by atoms with Crippen LogP contribution in [-0.2, 0) is 32.4 Å². The zero-order valence-electron chi connectivity index (χ0n) is 24.0. The summed E-state index contributed by atoms with van der Waals surface area (Å²) in [5, 5.41) is 20.3. The Kier molecular flexibility index (Phi) is 9.43. The van der Waals surface area contributed by atoms with Gasteiger partial charge in [0.1, 0.15) is 12.4 Å². The second-order valence-electron chi connectivity index (χ2n) is 10.2. The molecule has 222 valence electrons. The maximum Gasteiger partial charge on any atom is 0.277 e. The van der Waals surface area contributed by atoms with Gasteiger partial charge in [-0.1, -0.05) is 55.5 Å². The molecule has 1 heterocycles. The summed E-state index contributed by atoms with van der Waals surface area (Å²) in [6.07, 6.45) is 0.136. The van der Waals surface area contributed by atoms with E-state index >= 15 is 0 Å². The summed E-state index contributed by atoms with van der Waals surface area (Å²) in [6, 6.07) is 21.0. The number of nitriles is 1. The number of carbonyl (C=O) groups excluding carboxylic acids is 1. The zero-order chi connectivity index (χ0) is 31.3. The molecule has 3 aromatic carbocycles. The molecule has 0 aliphatic rings. The van der Waals surface area contributed by atoms with Crippen molar-refractivity contribution in [2.45, 2.75) is 62.2 Å². The quantitative estimate of drug-likeness (QED) is 0.258. The smallest absolute Gasteiger partial charge is 0.277 e. The summed E-state index contributed by atoms with van der Waals surface area (Å²) in [5.41, 5.74) is 7.43. The Labute approximate surface area is 249 Å². The number of sulfone groups is 1. The number of benzene rings is 3. The van der Waals surface area contributed by atoms with E-state index in [1.165, 1.54) is 16.7 Å². The predicted molar refractivity (Wildman–Crippen MR) is 160 cm³/mol. The molecule has 0 spiro atoms. The average molecular weight is 601 g/mol. The Bertz CT molecular complexity index is 1860. The van der Waals surface area contributed by atoms with Gasteiger partial charge in [-0.25, -0.2) is 8.42 Å². The first-order valence-electron chi connectivity index (χ1n) is 13.7. The fourth-order valence-electron chi connectivity index (χ4n) is 4.91. The second kappa shape index (κ2) is 13.0. The van der Waals surface area contributed by atoms with E-state index in [9.17, 15) is 28.4 Å². The van der Waals surface area contributed by atoms with Gasteiger partial charge in [-0.3, -0.25) is 14.2 Å². The lowest BCUT2D eigenvalue weighted by Gasteiger charge is -2.24. The van der Waals surface area contributed by atoms with Gasteiger partial charge in [-0.2, -0.15) is 10.2 Å². The van der Waals surface area contributed by atoms with E-state index in [2.05, 4.69) is 11.1 Å². The topological polar surface area (TPSA) is 165 Å². The van der Waals surface area contributed by atoms with Gasteiger partial charge in [0.25, 0.3) is 5.56 Å². The molecule has 43 heavy (non-hydrogen) atoms. The number of ether oxygens (including phenoxy) is 1. The molecule has 0 unspecified atom stereocenters. The van der Waals surface area contributed by atoms with Crippen molar-refractivity contribution in [2.24, 2.45) is 5.73 Å². The molecule has 1 aromatic heterocycles. The van der Waals surface area contributed by atoms with Crippen LogP contribution in [0.3, 0.4) is 0 Å². The maximum absolute atomic E-state index is 14.1. The highest BCUT2D eigenvalue weighted by Crippen LogP contribution is 2.31. The molecule has 0 aliphatic heterocycles. The van der Waals surface area contributed by atoms with Gasteiger partial charge in [0.2, 0.25) is 21.6 Å². The second-order valence-corrected chi connectivity index (χ2v) is 12.1. The summed E-state index contributed by atoms with van der Waals surface area (Å²) in [7, 11) is -4.55. The van der Waals surface area contributed by atoms with Crippen LogP contribution in [0.25, 0.3) is 11.1 Å². The van der Waals surface area contributed by atoms with E-state index in [-0.39, 0.29) is 29.9 Å². The minimum atomic E-state index is -4.55. The molecule has 3 N–H and O–H groups in total. The molecular formula is C32H32N4O6S. The van der Waals surface area contributed by atoms with Gasteiger partial charge >= 0.3 is 0 Å². The Morgan fingerprint density at radius 3 is 2.42 bits per heavy atom. The van der Waals surface area contributed by atoms with Crippen LogP contribution < -0.4 is 11.3 Å². The Balaban J connectivity index is 1.86. The number of nitrogens with two attached hydrogens (primary N) is 1. The number of hydrogen-bond donors (Lipinski definition) is 2. The largest absolute Gasteiger partial charge is 0.492 e. The third-order valence-corrected chi connectivity index (χ3v) is 8.69. The Morgan fingerprint density at radius 2 is 1.79 bits per heavy atom. The molecule has 4 aromatic rings. The van der Waals surface area contributed by atoms with Crippen LogP contribution in [0.5, 0.6) is 5.88 Å². The Morgan fingerprint density at radius 1 is 1.09 bits per heavy atom. The normalized spacial score (nSPS) is 12.2. The molecule has 4 rings (SSSR count). The van der Waals surface area contributed by atoms with Crippen LogP contribution in [0, 0.1) is 11.3 Å². The highest BCUT2D eigenvalue weighted by molar-refractivity contribution is 7.91. The molecular weight excluding hydrogens is 568 g/mol. The van der Waals surface area contributed by atoms with Gasteiger partial charge in [-0.05, 0) is 66.8 Å². The van der Waals surface area contributed by atoms with Crippen molar-refractivity contribution in [3.63, 3.8) is 0 Å². The number of aromatic nitrogens is 2. The van der Waals surface area contributed by atoms with Gasteiger partial charge in [0.05, 0.1) is 35.1 Å². The minimum absolute atomic E-state index is 0.0120. The van der Waals surface area contributed by atoms with Crippen molar-refractivity contribution in [3.05, 3.63) is 106 Å². The number of amides is 1. The van der Waals surface area contributed by atoms with Gasteiger partial charge in [-0.15, -0.1) is 0 Å². The average Bonchev–Trinajstić information content (AvgIpc) is 2.97. The molecule has 1 atom stereocenters.